The highest BCUT2D eigenvalue weighted by molar-refractivity contribution is 9.10. The number of thiazole rings is 2. The van der Waals surface area contributed by atoms with Crippen LogP contribution in [0, 0.1) is 11.6 Å². The quantitative estimate of drug-likeness (QED) is 0.148. The monoisotopic (exact) mass is 1020 g/mol. The van der Waals surface area contributed by atoms with Gasteiger partial charge in [-0.05, 0) is 49.2 Å². The average molecular weight is 1020 g/mol. The van der Waals surface area contributed by atoms with E-state index in [1.165, 1.54) is 46.9 Å². The second-order valence-corrected chi connectivity index (χ2v) is 17.5. The number of esters is 2. The molecule has 4 aliphatic heterocycles. The first kappa shape index (κ1) is 45.7. The number of carbonyl (C=O) groups is 2. The van der Waals surface area contributed by atoms with Crippen molar-refractivity contribution in [3.63, 3.8) is 0 Å². The molecule has 14 nitrogen and oxygen atoms in total. The largest absolute Gasteiger partial charge is 0.463 e. The maximum Gasteiger partial charge on any atom is 0.338 e. The lowest BCUT2D eigenvalue weighted by Crippen LogP contribution is -2.43. The Hall–Kier alpha value is -4.28. The van der Waals surface area contributed by atoms with E-state index in [4.69, 9.17) is 28.9 Å². The maximum atomic E-state index is 13.8. The summed E-state index contributed by atoms with van der Waals surface area (Å²) in [6.45, 7) is 10.6. The van der Waals surface area contributed by atoms with Gasteiger partial charge in [0.25, 0.3) is 0 Å². The van der Waals surface area contributed by atoms with Crippen LogP contribution in [0.5, 0.6) is 0 Å². The summed E-state index contributed by atoms with van der Waals surface area (Å²) in [6.07, 6.45) is 3.42. The van der Waals surface area contributed by atoms with Crippen molar-refractivity contribution in [2.45, 2.75) is 25.9 Å². The number of amidine groups is 2. The molecule has 0 spiro atoms. The van der Waals surface area contributed by atoms with Crippen molar-refractivity contribution in [1.82, 2.24) is 30.4 Å². The Kier molecular flexibility index (Phi) is 16.1. The molecule has 2 unspecified atom stereocenters. The van der Waals surface area contributed by atoms with Crippen LogP contribution in [0.3, 0.4) is 0 Å². The number of morpholine rings is 2. The molecule has 0 amide bonds. The van der Waals surface area contributed by atoms with Gasteiger partial charge in [0.15, 0.2) is 21.7 Å². The van der Waals surface area contributed by atoms with Gasteiger partial charge >= 0.3 is 11.9 Å². The molecule has 8 rings (SSSR count). The van der Waals surface area contributed by atoms with E-state index in [1.807, 2.05) is 10.8 Å². The van der Waals surface area contributed by atoms with Crippen LogP contribution in [0.4, 0.5) is 8.78 Å². The third-order valence-electron chi connectivity index (χ3n) is 10.00. The minimum atomic E-state index is -0.662. The molecule has 2 atom stereocenters. The van der Waals surface area contributed by atoms with Gasteiger partial charge in [0.1, 0.15) is 23.7 Å². The maximum absolute atomic E-state index is 13.8. The first-order valence-corrected chi connectivity index (χ1v) is 23.3. The van der Waals surface area contributed by atoms with E-state index in [0.717, 1.165) is 26.2 Å². The highest BCUT2D eigenvalue weighted by atomic mass is 79.9. The van der Waals surface area contributed by atoms with Crippen molar-refractivity contribution in [3.05, 3.63) is 124 Å². The molecule has 4 aliphatic rings. The number of carbonyl (C=O) groups excluding carboxylic acids is 2. The topological polar surface area (TPSA) is 152 Å². The number of hydrogen-bond acceptors (Lipinski definition) is 16. The lowest BCUT2D eigenvalue weighted by atomic mass is 9.95. The summed E-state index contributed by atoms with van der Waals surface area (Å²) in [7, 11) is 0. The Balaban J connectivity index is 0.000000186. The van der Waals surface area contributed by atoms with E-state index in [-0.39, 0.29) is 24.8 Å². The van der Waals surface area contributed by atoms with E-state index < -0.39 is 24.0 Å². The van der Waals surface area contributed by atoms with Crippen molar-refractivity contribution in [2.24, 2.45) is 9.98 Å². The van der Waals surface area contributed by atoms with Crippen LogP contribution in [0.2, 0.25) is 0 Å². The van der Waals surface area contributed by atoms with Crippen LogP contribution in [-0.2, 0) is 28.5 Å². The van der Waals surface area contributed by atoms with E-state index in [9.17, 15) is 18.4 Å². The summed E-state index contributed by atoms with van der Waals surface area (Å²) in [5, 5.41) is 11.8. The molecule has 2 aromatic carbocycles. The fraction of sp³-hybridized carbons (Fsp3) is 0.381. The molecule has 2 saturated heterocycles. The number of hydrogen-bond donors (Lipinski definition) is 2. The van der Waals surface area contributed by atoms with Gasteiger partial charge in [0.05, 0.1) is 50.8 Å². The zero-order chi connectivity index (χ0) is 43.6. The average Bonchev–Trinajstić information content (AvgIpc) is 4.01. The molecule has 0 aliphatic carbocycles. The van der Waals surface area contributed by atoms with Gasteiger partial charge in [-0.15, -0.1) is 22.7 Å². The molecule has 2 fully saturated rings. The predicted octanol–water partition coefficient (Wildman–Crippen LogP) is 6.57. The molecule has 0 radical (unpaired) electrons. The standard InChI is InChI=1S/2C21H22BrFN4O3S/c2*1-2-30-21(28)17-16(12-27-6-8-29-9-7-27)25-19(20-24-5-10-31-20)26-18(17)14-4-3-13(23)11-15(14)22/h2*3-5,10-11,18H,2,6-9,12H2,1H3,(H,25,26). The summed E-state index contributed by atoms with van der Waals surface area (Å²) in [5.74, 6) is -0.476. The molecule has 0 bridgehead atoms. The lowest BCUT2D eigenvalue weighted by Gasteiger charge is -2.32. The second-order valence-electron chi connectivity index (χ2n) is 14.0. The van der Waals surface area contributed by atoms with Gasteiger partial charge in [-0.2, -0.15) is 0 Å². The van der Waals surface area contributed by atoms with Crippen LogP contribution in [-0.4, -0.2) is 122 Å². The number of nitrogens with zero attached hydrogens (tertiary/aromatic N) is 6. The predicted molar refractivity (Wildman–Crippen MR) is 239 cm³/mol. The normalized spacial score (nSPS) is 19.7. The SMILES string of the molecule is CCOC(=O)C1=C(CN2CCOCC2)NC(c2nccs2)=NC1c1ccc(F)cc1Br.CCOC(=O)C1=C(CN2CCOCC2)NC(c2nccs2)=NC1c1ccc(F)cc1Br. The Bertz CT molecular complexity index is 2170. The van der Waals surface area contributed by atoms with E-state index in [2.05, 4.69) is 62.3 Å². The van der Waals surface area contributed by atoms with Crippen LogP contribution in [0.25, 0.3) is 0 Å². The van der Waals surface area contributed by atoms with Crippen molar-refractivity contribution in [2.75, 3.05) is 78.9 Å². The minimum Gasteiger partial charge on any atom is -0.463 e. The molecule has 20 heteroatoms. The van der Waals surface area contributed by atoms with Crippen molar-refractivity contribution < 1.29 is 37.3 Å². The molecule has 2 aromatic heterocycles. The summed E-state index contributed by atoms with van der Waals surface area (Å²) in [6, 6.07) is 7.45. The highest BCUT2D eigenvalue weighted by Gasteiger charge is 2.36. The fourth-order valence-corrected chi connectivity index (χ4v) is 9.41. The number of aromatic nitrogens is 2. The first-order valence-electron chi connectivity index (χ1n) is 19.9. The lowest BCUT2D eigenvalue weighted by molar-refractivity contribution is -0.139. The first-order chi connectivity index (χ1) is 30.1. The number of benzene rings is 2. The van der Waals surface area contributed by atoms with Crippen molar-refractivity contribution in [1.29, 1.82) is 0 Å². The van der Waals surface area contributed by atoms with Crippen molar-refractivity contribution >= 4 is 78.1 Å². The number of nitrogens with one attached hydrogen (secondary N) is 2. The van der Waals surface area contributed by atoms with Crippen LogP contribution in [0.1, 0.15) is 47.1 Å². The molecular formula is C42H44Br2F2N8O6S2. The second kappa shape index (κ2) is 21.9. The third kappa shape index (κ3) is 11.3. The third-order valence-corrected chi connectivity index (χ3v) is 12.9. The Morgan fingerprint density at radius 3 is 1.45 bits per heavy atom. The molecule has 62 heavy (non-hydrogen) atoms. The molecular weight excluding hydrogens is 974 g/mol. The van der Waals surface area contributed by atoms with Crippen LogP contribution in [0.15, 0.2) is 101 Å². The Morgan fingerprint density at radius 2 is 1.11 bits per heavy atom. The summed E-state index contributed by atoms with van der Waals surface area (Å²) in [5.41, 5.74) is 3.62. The number of aliphatic imine (C=N–C) groups is 2. The zero-order valence-electron chi connectivity index (χ0n) is 33.9. The number of ether oxygens (including phenoxy) is 4. The number of rotatable bonds is 12. The Labute approximate surface area is 382 Å². The molecule has 6 heterocycles. The van der Waals surface area contributed by atoms with Gasteiger partial charge in [0, 0.05) is 82.8 Å². The van der Waals surface area contributed by atoms with E-state index in [1.54, 1.807) is 38.4 Å². The molecule has 4 aromatic rings. The minimum absolute atomic E-state index is 0.244. The zero-order valence-corrected chi connectivity index (χ0v) is 38.7. The Morgan fingerprint density at radius 1 is 0.710 bits per heavy atom. The summed E-state index contributed by atoms with van der Waals surface area (Å²) in [4.78, 5) is 48.9. The summed E-state index contributed by atoms with van der Waals surface area (Å²) < 4.78 is 50.3. The molecule has 328 valence electrons. The number of halogens is 4. The smallest absolute Gasteiger partial charge is 0.338 e. The van der Waals surface area contributed by atoms with Gasteiger partial charge in [-0.25, -0.2) is 28.3 Å². The van der Waals surface area contributed by atoms with E-state index >= 15 is 0 Å². The van der Waals surface area contributed by atoms with Crippen LogP contribution >= 0.6 is 54.5 Å². The van der Waals surface area contributed by atoms with Crippen molar-refractivity contribution in [3.8, 4) is 0 Å². The molecule has 0 saturated carbocycles. The van der Waals surface area contributed by atoms with Gasteiger partial charge in [0.2, 0.25) is 0 Å². The summed E-state index contributed by atoms with van der Waals surface area (Å²) >= 11 is 9.79. The van der Waals surface area contributed by atoms with Crippen LogP contribution < -0.4 is 10.6 Å². The highest BCUT2D eigenvalue weighted by Crippen LogP contribution is 2.39. The van der Waals surface area contributed by atoms with Gasteiger partial charge in [-0.3, -0.25) is 19.8 Å². The molecule has 2 N–H and O–H groups in total. The fourth-order valence-electron chi connectivity index (χ4n) is 7.10. The van der Waals surface area contributed by atoms with Gasteiger partial charge in [-0.1, -0.05) is 44.0 Å². The van der Waals surface area contributed by atoms with E-state index in [0.29, 0.717) is 104 Å². The van der Waals surface area contributed by atoms with Gasteiger partial charge < -0.3 is 29.6 Å².